The minimum atomic E-state index is -0.231. The SMILES string of the molecule is CCCn1ncc(NCC(C)(C)SC)c(Cl)c1=O. The Morgan fingerprint density at radius 1 is 1.56 bits per heavy atom. The molecular formula is C12H20ClN3OS. The zero-order valence-electron chi connectivity index (χ0n) is 11.3. The van der Waals surface area contributed by atoms with Crippen molar-refractivity contribution in [2.45, 2.75) is 38.5 Å². The smallest absolute Gasteiger partial charge is 0.287 e. The van der Waals surface area contributed by atoms with Crippen LogP contribution in [-0.4, -0.2) is 27.3 Å². The van der Waals surface area contributed by atoms with Crippen LogP contribution in [0.2, 0.25) is 5.02 Å². The first-order valence-corrected chi connectivity index (χ1v) is 7.56. The lowest BCUT2D eigenvalue weighted by molar-refractivity contribution is 0.568. The monoisotopic (exact) mass is 289 g/mol. The number of hydrogen-bond acceptors (Lipinski definition) is 4. The van der Waals surface area contributed by atoms with Crippen LogP contribution in [0.15, 0.2) is 11.0 Å². The van der Waals surface area contributed by atoms with Crippen LogP contribution in [0.25, 0.3) is 0 Å². The Labute approximate surface area is 117 Å². The van der Waals surface area contributed by atoms with E-state index < -0.39 is 0 Å². The van der Waals surface area contributed by atoms with Gasteiger partial charge in [-0.1, -0.05) is 18.5 Å². The predicted octanol–water partition coefficient (Wildman–Crippen LogP) is 2.86. The first-order valence-electron chi connectivity index (χ1n) is 5.96. The van der Waals surface area contributed by atoms with Gasteiger partial charge in [0.2, 0.25) is 0 Å². The topological polar surface area (TPSA) is 46.9 Å². The van der Waals surface area contributed by atoms with E-state index in [1.54, 1.807) is 18.0 Å². The van der Waals surface area contributed by atoms with Crippen molar-refractivity contribution in [3.63, 3.8) is 0 Å². The number of anilines is 1. The summed E-state index contributed by atoms with van der Waals surface area (Å²) in [4.78, 5) is 11.9. The van der Waals surface area contributed by atoms with E-state index in [1.165, 1.54) is 4.68 Å². The zero-order chi connectivity index (χ0) is 13.8. The van der Waals surface area contributed by atoms with Gasteiger partial charge in [0.15, 0.2) is 0 Å². The third-order valence-electron chi connectivity index (χ3n) is 2.68. The summed E-state index contributed by atoms with van der Waals surface area (Å²) in [5, 5.41) is 7.51. The van der Waals surface area contributed by atoms with E-state index in [-0.39, 0.29) is 15.3 Å². The van der Waals surface area contributed by atoms with E-state index in [0.29, 0.717) is 12.2 Å². The molecule has 0 radical (unpaired) electrons. The van der Waals surface area contributed by atoms with Crippen LogP contribution >= 0.6 is 23.4 Å². The number of aromatic nitrogens is 2. The third kappa shape index (κ3) is 3.92. The van der Waals surface area contributed by atoms with Gasteiger partial charge in [0.25, 0.3) is 5.56 Å². The summed E-state index contributed by atoms with van der Waals surface area (Å²) in [6.07, 6.45) is 4.53. The van der Waals surface area contributed by atoms with Crippen molar-refractivity contribution in [1.82, 2.24) is 9.78 Å². The van der Waals surface area contributed by atoms with Crippen LogP contribution in [0.5, 0.6) is 0 Å². The standard InChI is InChI=1S/C12H20ClN3OS/c1-5-6-16-11(17)10(13)9(7-15-16)14-8-12(2,3)18-4/h7,14H,5-6,8H2,1-4H3. The summed E-state index contributed by atoms with van der Waals surface area (Å²) in [5.41, 5.74) is 0.376. The molecule has 0 spiro atoms. The highest BCUT2D eigenvalue weighted by molar-refractivity contribution is 7.99. The molecule has 0 saturated heterocycles. The van der Waals surface area contributed by atoms with Gasteiger partial charge in [-0.3, -0.25) is 4.79 Å². The fourth-order valence-corrected chi connectivity index (χ4v) is 1.77. The third-order valence-corrected chi connectivity index (χ3v) is 4.29. The van der Waals surface area contributed by atoms with Gasteiger partial charge in [-0.15, -0.1) is 0 Å². The minimum Gasteiger partial charge on any atom is -0.381 e. The van der Waals surface area contributed by atoms with Gasteiger partial charge in [0.05, 0.1) is 11.9 Å². The summed E-state index contributed by atoms with van der Waals surface area (Å²) in [5.74, 6) is 0. The van der Waals surface area contributed by atoms with Crippen LogP contribution in [0, 0.1) is 0 Å². The number of rotatable bonds is 6. The van der Waals surface area contributed by atoms with E-state index in [4.69, 9.17) is 11.6 Å². The number of halogens is 1. The first kappa shape index (κ1) is 15.4. The van der Waals surface area contributed by atoms with E-state index in [1.807, 2.05) is 6.92 Å². The van der Waals surface area contributed by atoms with Crippen molar-refractivity contribution in [1.29, 1.82) is 0 Å². The molecular weight excluding hydrogens is 270 g/mol. The van der Waals surface area contributed by atoms with Crippen LogP contribution in [0.3, 0.4) is 0 Å². The average Bonchev–Trinajstić information content (AvgIpc) is 2.34. The van der Waals surface area contributed by atoms with Gasteiger partial charge in [-0.2, -0.15) is 16.9 Å². The molecule has 0 aromatic carbocycles. The fourth-order valence-electron chi connectivity index (χ4n) is 1.34. The molecule has 1 rings (SSSR count). The number of hydrogen-bond donors (Lipinski definition) is 1. The Hall–Kier alpha value is -0.680. The molecule has 1 aromatic heterocycles. The minimum absolute atomic E-state index is 0.0849. The van der Waals surface area contributed by atoms with E-state index >= 15 is 0 Å². The van der Waals surface area contributed by atoms with Crippen LogP contribution < -0.4 is 10.9 Å². The lowest BCUT2D eigenvalue weighted by Gasteiger charge is -2.23. The molecule has 0 aliphatic rings. The van der Waals surface area contributed by atoms with Crippen LogP contribution in [0.1, 0.15) is 27.2 Å². The zero-order valence-corrected chi connectivity index (χ0v) is 12.9. The first-order chi connectivity index (χ1) is 8.41. The Bertz CT molecular complexity index is 459. The van der Waals surface area contributed by atoms with Crippen molar-refractivity contribution in [2.75, 3.05) is 18.1 Å². The average molecular weight is 290 g/mol. The molecule has 4 nitrogen and oxygen atoms in total. The maximum absolute atomic E-state index is 11.9. The van der Waals surface area contributed by atoms with E-state index in [9.17, 15) is 4.79 Å². The molecule has 6 heteroatoms. The summed E-state index contributed by atoms with van der Waals surface area (Å²) in [6.45, 7) is 7.58. The van der Waals surface area contributed by atoms with Gasteiger partial charge in [-0.25, -0.2) is 4.68 Å². The van der Waals surface area contributed by atoms with Crippen molar-refractivity contribution < 1.29 is 0 Å². The predicted molar refractivity (Wildman–Crippen MR) is 79.9 cm³/mol. The Kier molecular flexibility index (Phi) is 5.53. The van der Waals surface area contributed by atoms with Crippen molar-refractivity contribution >= 4 is 29.1 Å². The molecule has 0 aliphatic heterocycles. The lowest BCUT2D eigenvalue weighted by Crippen LogP contribution is -2.28. The van der Waals surface area contributed by atoms with Crippen molar-refractivity contribution in [2.24, 2.45) is 0 Å². The summed E-state index contributed by atoms with van der Waals surface area (Å²) in [6, 6.07) is 0. The lowest BCUT2D eigenvalue weighted by atomic mass is 10.2. The van der Waals surface area contributed by atoms with Crippen LogP contribution in [0.4, 0.5) is 5.69 Å². The second-order valence-electron chi connectivity index (χ2n) is 4.72. The number of nitrogens with zero attached hydrogens (tertiary/aromatic N) is 2. The number of aryl methyl sites for hydroxylation is 1. The molecule has 0 bridgehead atoms. The number of nitrogens with one attached hydrogen (secondary N) is 1. The highest BCUT2D eigenvalue weighted by Crippen LogP contribution is 2.23. The van der Waals surface area contributed by atoms with Gasteiger partial charge >= 0.3 is 0 Å². The molecule has 1 aromatic rings. The Morgan fingerprint density at radius 3 is 2.78 bits per heavy atom. The molecule has 0 fully saturated rings. The summed E-state index contributed by atoms with van der Waals surface area (Å²) in [7, 11) is 0. The number of thioether (sulfide) groups is 1. The van der Waals surface area contributed by atoms with E-state index in [2.05, 4.69) is 30.5 Å². The maximum atomic E-state index is 11.9. The molecule has 0 unspecified atom stereocenters. The second kappa shape index (κ2) is 6.48. The largest absolute Gasteiger partial charge is 0.381 e. The molecule has 18 heavy (non-hydrogen) atoms. The van der Waals surface area contributed by atoms with Crippen molar-refractivity contribution in [3.05, 3.63) is 21.6 Å². The quantitative estimate of drug-likeness (QED) is 0.875. The van der Waals surface area contributed by atoms with E-state index in [0.717, 1.165) is 13.0 Å². The second-order valence-corrected chi connectivity index (χ2v) is 6.61. The summed E-state index contributed by atoms with van der Waals surface area (Å²) >= 11 is 7.82. The van der Waals surface area contributed by atoms with Gasteiger partial charge in [0.1, 0.15) is 5.02 Å². The van der Waals surface area contributed by atoms with Gasteiger partial charge < -0.3 is 5.32 Å². The maximum Gasteiger partial charge on any atom is 0.287 e. The highest BCUT2D eigenvalue weighted by Gasteiger charge is 2.17. The highest BCUT2D eigenvalue weighted by atomic mass is 35.5. The Balaban J connectivity index is 2.86. The Morgan fingerprint density at radius 2 is 2.22 bits per heavy atom. The van der Waals surface area contributed by atoms with Crippen molar-refractivity contribution in [3.8, 4) is 0 Å². The van der Waals surface area contributed by atoms with Gasteiger partial charge in [0, 0.05) is 17.8 Å². The van der Waals surface area contributed by atoms with Gasteiger partial charge in [-0.05, 0) is 26.5 Å². The molecule has 0 amide bonds. The molecule has 1 heterocycles. The molecule has 0 atom stereocenters. The molecule has 0 saturated carbocycles. The molecule has 102 valence electrons. The molecule has 1 N–H and O–H groups in total. The normalized spacial score (nSPS) is 11.6. The fraction of sp³-hybridized carbons (Fsp3) is 0.667. The molecule has 0 aliphatic carbocycles. The summed E-state index contributed by atoms with van der Waals surface area (Å²) < 4.78 is 1.48. The van der Waals surface area contributed by atoms with Crippen LogP contribution in [-0.2, 0) is 6.54 Å².